The van der Waals surface area contributed by atoms with Gasteiger partial charge in [0.1, 0.15) is 36.1 Å². The Hall–Kier alpha value is -4.53. The molecule has 4 aliphatic heterocycles. The number of hydrogen-bond acceptors (Lipinski definition) is 17. The van der Waals surface area contributed by atoms with Gasteiger partial charge in [-0.05, 0) is 36.3 Å². The summed E-state index contributed by atoms with van der Waals surface area (Å²) >= 11 is 0. The Morgan fingerprint density at radius 1 is 0.724 bits per heavy atom. The van der Waals surface area contributed by atoms with E-state index in [1.807, 2.05) is 12.1 Å². The minimum absolute atomic E-state index is 0.526. The molecule has 0 amide bonds. The van der Waals surface area contributed by atoms with Crippen LogP contribution in [0, 0.1) is 11.8 Å². The van der Waals surface area contributed by atoms with E-state index in [0.29, 0.717) is 5.56 Å². The molecule has 17 heteroatoms. The van der Waals surface area contributed by atoms with Crippen molar-refractivity contribution in [2.75, 3.05) is 13.2 Å². The van der Waals surface area contributed by atoms with Gasteiger partial charge in [-0.2, -0.15) is 0 Å². The molecule has 2 aromatic carbocycles. The number of esters is 3. The van der Waals surface area contributed by atoms with Crippen molar-refractivity contribution < 1.29 is 82.5 Å². The average Bonchev–Trinajstić information content (AvgIpc) is 3.90. The first-order valence-corrected chi connectivity index (χ1v) is 18.9. The molecular weight excluding hydrogens is 764 g/mol. The van der Waals surface area contributed by atoms with Gasteiger partial charge in [-0.1, -0.05) is 60.7 Å². The Balaban J connectivity index is 1.14. The molecule has 5 aliphatic rings. The van der Waals surface area contributed by atoms with E-state index in [4.69, 9.17) is 42.6 Å². The summed E-state index contributed by atoms with van der Waals surface area (Å²) in [6.07, 6.45) is -9.16. The zero-order valence-corrected chi connectivity index (χ0v) is 31.4. The highest BCUT2D eigenvalue weighted by Crippen LogP contribution is 2.61. The van der Waals surface area contributed by atoms with Gasteiger partial charge in [0, 0.05) is 25.0 Å². The summed E-state index contributed by atoms with van der Waals surface area (Å²) in [5.41, 5.74) is 0.136. The van der Waals surface area contributed by atoms with Crippen molar-refractivity contribution in [3.8, 4) is 0 Å². The van der Waals surface area contributed by atoms with Gasteiger partial charge in [-0.15, -0.1) is 0 Å². The first-order valence-electron chi connectivity index (χ1n) is 18.9. The molecule has 7 rings (SSSR count). The predicted molar refractivity (Wildman–Crippen MR) is 196 cm³/mol. The first-order chi connectivity index (χ1) is 27.9. The number of epoxide rings is 1. The summed E-state index contributed by atoms with van der Waals surface area (Å²) in [5.74, 6) is -3.88. The van der Waals surface area contributed by atoms with E-state index in [0.717, 1.165) is 12.5 Å². The quantitative estimate of drug-likeness (QED) is 0.0795. The van der Waals surface area contributed by atoms with Crippen LogP contribution in [0.25, 0.3) is 12.2 Å². The van der Waals surface area contributed by atoms with Crippen molar-refractivity contribution in [3.63, 3.8) is 0 Å². The number of aliphatic hydroxyl groups excluding tert-OH is 5. The van der Waals surface area contributed by atoms with Gasteiger partial charge in [0.05, 0.1) is 37.6 Å². The fraction of sp³-hybridized carbons (Fsp3) is 0.488. The molecule has 1 saturated carbocycles. The lowest BCUT2D eigenvalue weighted by Gasteiger charge is -2.45. The third-order valence-corrected chi connectivity index (χ3v) is 10.8. The molecule has 1 aliphatic carbocycles. The van der Waals surface area contributed by atoms with Crippen LogP contribution in [0.1, 0.15) is 25.0 Å². The van der Waals surface area contributed by atoms with E-state index in [-0.39, 0.29) is 0 Å². The lowest BCUT2D eigenvalue weighted by molar-refractivity contribution is -0.347. The zero-order valence-electron chi connectivity index (χ0n) is 31.4. The van der Waals surface area contributed by atoms with Crippen LogP contribution < -0.4 is 0 Å². The van der Waals surface area contributed by atoms with Crippen LogP contribution in [0.15, 0.2) is 85.2 Å². The number of aliphatic hydroxyl groups is 5. The van der Waals surface area contributed by atoms with E-state index in [1.165, 1.54) is 24.5 Å². The number of carbonyl (C=O) groups excluding carboxylic acids is 3. The summed E-state index contributed by atoms with van der Waals surface area (Å²) in [5, 5.41) is 51.6. The summed E-state index contributed by atoms with van der Waals surface area (Å²) < 4.78 is 53.6. The molecule has 312 valence electrons. The molecule has 2 aromatic rings. The van der Waals surface area contributed by atoms with Gasteiger partial charge in [0.15, 0.2) is 30.9 Å². The van der Waals surface area contributed by atoms with Gasteiger partial charge in [0.25, 0.3) is 0 Å². The molecule has 3 saturated heterocycles. The Morgan fingerprint density at radius 2 is 1.34 bits per heavy atom. The predicted octanol–water partition coefficient (Wildman–Crippen LogP) is 0.361. The van der Waals surface area contributed by atoms with Gasteiger partial charge in [0.2, 0.25) is 6.29 Å². The van der Waals surface area contributed by atoms with Crippen LogP contribution in [0.2, 0.25) is 0 Å². The fourth-order valence-electron chi connectivity index (χ4n) is 7.96. The van der Waals surface area contributed by atoms with Crippen molar-refractivity contribution >= 4 is 30.1 Å². The normalized spacial score (nSPS) is 39.1. The number of rotatable bonds is 13. The molecule has 58 heavy (non-hydrogen) atoms. The molecule has 0 bridgehead atoms. The summed E-state index contributed by atoms with van der Waals surface area (Å²) in [7, 11) is 0. The molecule has 16 atom stereocenters. The number of benzene rings is 2. The smallest absolute Gasteiger partial charge is 0.331 e. The Labute approximate surface area is 332 Å². The van der Waals surface area contributed by atoms with Crippen LogP contribution in [0.3, 0.4) is 0 Å². The molecule has 5 N–H and O–H groups in total. The summed E-state index contributed by atoms with van der Waals surface area (Å²) in [6.45, 7) is 1.50. The minimum Gasteiger partial charge on any atom is -0.472 e. The lowest BCUT2D eigenvalue weighted by Crippen LogP contribution is -2.62. The third-order valence-electron chi connectivity index (χ3n) is 10.8. The molecule has 0 radical (unpaired) electrons. The monoisotopic (exact) mass is 810 g/mol. The summed E-state index contributed by atoms with van der Waals surface area (Å²) in [6, 6.07) is 18.0. The Bertz CT molecular complexity index is 1840. The number of hydrogen-bond donors (Lipinski definition) is 5. The lowest BCUT2D eigenvalue weighted by atomic mass is 9.85. The maximum Gasteiger partial charge on any atom is 0.331 e. The van der Waals surface area contributed by atoms with Gasteiger partial charge >= 0.3 is 17.9 Å². The Morgan fingerprint density at radius 3 is 1.93 bits per heavy atom. The van der Waals surface area contributed by atoms with Crippen LogP contribution >= 0.6 is 0 Å². The van der Waals surface area contributed by atoms with Gasteiger partial charge in [-0.3, -0.25) is 4.79 Å². The fourth-order valence-corrected chi connectivity index (χ4v) is 7.96. The minimum atomic E-state index is -1.74. The van der Waals surface area contributed by atoms with Crippen LogP contribution in [0.4, 0.5) is 0 Å². The van der Waals surface area contributed by atoms with Crippen molar-refractivity contribution in [1.82, 2.24) is 0 Å². The second-order valence-corrected chi connectivity index (χ2v) is 14.6. The van der Waals surface area contributed by atoms with E-state index in [1.54, 1.807) is 67.6 Å². The van der Waals surface area contributed by atoms with E-state index in [2.05, 4.69) is 0 Å². The third kappa shape index (κ3) is 8.60. The maximum absolute atomic E-state index is 13.4. The van der Waals surface area contributed by atoms with Gasteiger partial charge in [-0.25, -0.2) is 9.59 Å². The van der Waals surface area contributed by atoms with Gasteiger partial charge < -0.3 is 68.2 Å². The topological polar surface area (TPSA) is 239 Å². The standard InChI is InChI=1S/C41H46O17/c1-21-33(54-27(45)15-13-23-9-5-3-6-10-23)35(55-28(46)16-14-24-11-7-4-8-12-24)36(52-22(2)44)40(51-21)56-34-25-17-18-50-38(29(25)41(20-43)37(34)58-41)57-39-32(49)31(48)30(47)26(19-42)53-39/h3-18,21,25-26,29-40,42-43,47-49H,19-20H2,1-2H3/b15-13+,16-14+/t21-,25+,26+,29+,30+,31-,32+,33-,34-,35+,36+,37+,38-,39-,40-,41+/m0/s1. The second-order valence-electron chi connectivity index (χ2n) is 14.6. The highest BCUT2D eigenvalue weighted by Gasteiger charge is 2.77. The molecule has 4 fully saturated rings. The summed E-state index contributed by atoms with van der Waals surface area (Å²) in [4.78, 5) is 39.3. The number of ether oxygens (including phenoxy) is 9. The van der Waals surface area contributed by atoms with Crippen molar-refractivity contribution in [3.05, 3.63) is 96.3 Å². The van der Waals surface area contributed by atoms with Crippen molar-refractivity contribution in [2.24, 2.45) is 11.8 Å². The van der Waals surface area contributed by atoms with E-state index in [9.17, 15) is 39.9 Å². The second kappa shape index (κ2) is 17.8. The molecular formula is C41H46O17. The highest BCUT2D eigenvalue weighted by molar-refractivity contribution is 5.88. The molecule has 0 aromatic heterocycles. The van der Waals surface area contributed by atoms with E-state index >= 15 is 0 Å². The molecule has 0 spiro atoms. The largest absolute Gasteiger partial charge is 0.472 e. The molecule has 17 nitrogen and oxygen atoms in total. The van der Waals surface area contributed by atoms with E-state index < -0.39 is 128 Å². The van der Waals surface area contributed by atoms with Crippen LogP contribution in [-0.2, 0) is 57.0 Å². The average molecular weight is 811 g/mol. The molecule has 4 heterocycles. The SMILES string of the molecule is CC(=O)O[C@H]1[C@H](O[C@H]2[C@@H]3C=CO[C@@H](O[C@@H]4O[C@H](CO)[C@@H](O)[C@H](O)[C@H]4O)[C@@H]3[C@@]3(CO)O[C@H]23)O[C@@H](C)[C@H](OC(=O)/C=C/c2ccccc2)[C@H]1OC(=O)/C=C/c1ccccc1. The zero-order chi connectivity index (χ0) is 41.1. The van der Waals surface area contributed by atoms with Crippen LogP contribution in [0.5, 0.6) is 0 Å². The number of fused-ring (bicyclic) bond motifs is 3. The van der Waals surface area contributed by atoms with Crippen molar-refractivity contribution in [2.45, 2.75) is 99.4 Å². The first kappa shape index (κ1) is 41.6. The van der Waals surface area contributed by atoms with Crippen LogP contribution in [-0.4, -0.2) is 142 Å². The number of carbonyl (C=O) groups is 3. The Kier molecular flexibility index (Phi) is 12.7. The van der Waals surface area contributed by atoms with Crippen molar-refractivity contribution in [1.29, 1.82) is 0 Å². The maximum atomic E-state index is 13.4. The molecule has 0 unspecified atom stereocenters. The highest BCUT2D eigenvalue weighted by atomic mass is 16.8.